The number of aromatic nitrogens is 3. The third-order valence-electron chi connectivity index (χ3n) is 4.10. The fraction of sp³-hybridized carbons (Fsp3) is 0.500. The second-order valence-electron chi connectivity index (χ2n) is 5.69. The highest BCUT2D eigenvalue weighted by Gasteiger charge is 2.22. The van der Waals surface area contributed by atoms with Crippen molar-refractivity contribution in [2.45, 2.75) is 31.7 Å². The van der Waals surface area contributed by atoms with Gasteiger partial charge in [0.1, 0.15) is 5.69 Å². The number of halogens is 2. The van der Waals surface area contributed by atoms with Crippen molar-refractivity contribution in [3.63, 3.8) is 0 Å². The molecule has 9 heteroatoms. The zero-order valence-corrected chi connectivity index (χ0v) is 15.7. The van der Waals surface area contributed by atoms with Crippen LogP contribution < -0.4 is 5.32 Å². The number of nitrogens with one attached hydrogen (secondary N) is 1. The largest absolute Gasteiger partial charge is 0.341 e. The van der Waals surface area contributed by atoms with Crippen LogP contribution in [0.3, 0.4) is 0 Å². The zero-order chi connectivity index (χ0) is 16.1. The maximum atomic E-state index is 12.3. The molecule has 0 aliphatic carbocycles. The van der Waals surface area contributed by atoms with Crippen LogP contribution in [0.15, 0.2) is 28.9 Å². The van der Waals surface area contributed by atoms with E-state index in [-0.39, 0.29) is 30.7 Å². The van der Waals surface area contributed by atoms with Crippen LogP contribution in [-0.4, -0.2) is 52.1 Å². The summed E-state index contributed by atoms with van der Waals surface area (Å²) in [5.74, 6) is 1.07. The number of amides is 1. The number of carbonyl (C=O) groups is 1. The van der Waals surface area contributed by atoms with E-state index in [4.69, 9.17) is 4.52 Å². The van der Waals surface area contributed by atoms with Gasteiger partial charge in [0.25, 0.3) is 0 Å². The first kappa shape index (κ1) is 21.3. The smallest absolute Gasteiger partial charge is 0.227 e. The highest BCUT2D eigenvalue weighted by Crippen LogP contribution is 2.14. The third kappa shape index (κ3) is 5.66. The monoisotopic (exact) mass is 387 g/mol. The van der Waals surface area contributed by atoms with Crippen molar-refractivity contribution < 1.29 is 9.32 Å². The van der Waals surface area contributed by atoms with E-state index in [1.54, 1.807) is 6.20 Å². The van der Waals surface area contributed by atoms with E-state index < -0.39 is 0 Å². The number of piperidine rings is 1. The second-order valence-corrected chi connectivity index (χ2v) is 5.69. The van der Waals surface area contributed by atoms with Crippen LogP contribution in [0.5, 0.6) is 0 Å². The number of hydrogen-bond donors (Lipinski definition) is 1. The molecule has 7 nitrogen and oxygen atoms in total. The number of rotatable bonds is 5. The lowest BCUT2D eigenvalue weighted by Gasteiger charge is -2.32. The molecule has 2 aromatic rings. The Morgan fingerprint density at radius 3 is 2.96 bits per heavy atom. The number of aryl methyl sites for hydroxylation is 1. The highest BCUT2D eigenvalue weighted by atomic mass is 35.5. The molecule has 1 N–H and O–H groups in total. The van der Waals surface area contributed by atoms with Crippen molar-refractivity contribution in [1.82, 2.24) is 25.3 Å². The summed E-state index contributed by atoms with van der Waals surface area (Å²) in [4.78, 5) is 22.7. The molecule has 1 atom stereocenters. The molecule has 0 radical (unpaired) electrons. The van der Waals surface area contributed by atoms with Gasteiger partial charge in [-0.25, -0.2) is 0 Å². The molecular formula is C16H23Cl2N5O2. The van der Waals surface area contributed by atoms with E-state index in [9.17, 15) is 4.79 Å². The van der Waals surface area contributed by atoms with Gasteiger partial charge in [-0.2, -0.15) is 4.98 Å². The lowest BCUT2D eigenvalue weighted by molar-refractivity contribution is -0.132. The standard InChI is InChI=1S/C16H21N5O2.2ClH/c1-17-12-5-4-10-21(11-12)15(22)8-7-14-19-16(20-23-14)13-6-2-3-9-18-13;;/h2-3,6,9,12,17H,4-5,7-8,10-11H2,1H3;2*1H. The zero-order valence-electron chi connectivity index (χ0n) is 14.1. The normalized spacial score (nSPS) is 16.7. The van der Waals surface area contributed by atoms with Gasteiger partial charge in [0.15, 0.2) is 0 Å². The molecule has 0 spiro atoms. The van der Waals surface area contributed by atoms with Gasteiger partial charge in [0.2, 0.25) is 17.6 Å². The van der Waals surface area contributed by atoms with Crippen LogP contribution in [0.4, 0.5) is 0 Å². The van der Waals surface area contributed by atoms with Crippen LogP contribution in [0.1, 0.15) is 25.2 Å². The van der Waals surface area contributed by atoms with Gasteiger partial charge in [0, 0.05) is 38.2 Å². The lowest BCUT2D eigenvalue weighted by Crippen LogP contribution is -2.47. The topological polar surface area (TPSA) is 84.2 Å². The van der Waals surface area contributed by atoms with Crippen LogP contribution in [-0.2, 0) is 11.2 Å². The van der Waals surface area contributed by atoms with Crippen molar-refractivity contribution in [3.05, 3.63) is 30.3 Å². The van der Waals surface area contributed by atoms with Gasteiger partial charge >= 0.3 is 0 Å². The summed E-state index contributed by atoms with van der Waals surface area (Å²) in [5, 5.41) is 7.16. The molecule has 3 heterocycles. The molecule has 25 heavy (non-hydrogen) atoms. The van der Waals surface area contributed by atoms with E-state index in [0.29, 0.717) is 36.3 Å². The van der Waals surface area contributed by atoms with E-state index in [1.165, 1.54) is 0 Å². The van der Waals surface area contributed by atoms with Crippen molar-refractivity contribution >= 4 is 30.7 Å². The number of likely N-dealkylation sites (N-methyl/N-ethyl adjacent to an activating group) is 1. The van der Waals surface area contributed by atoms with Gasteiger partial charge < -0.3 is 14.7 Å². The van der Waals surface area contributed by atoms with Crippen LogP contribution >= 0.6 is 24.8 Å². The molecule has 1 unspecified atom stereocenters. The maximum absolute atomic E-state index is 12.3. The molecular weight excluding hydrogens is 365 g/mol. The highest BCUT2D eigenvalue weighted by molar-refractivity contribution is 5.85. The molecule has 0 saturated carbocycles. The maximum Gasteiger partial charge on any atom is 0.227 e. The first-order chi connectivity index (χ1) is 11.3. The fourth-order valence-electron chi connectivity index (χ4n) is 2.77. The number of hydrogen-bond acceptors (Lipinski definition) is 6. The summed E-state index contributed by atoms with van der Waals surface area (Å²) in [6.07, 6.45) is 4.70. The SMILES string of the molecule is CNC1CCCN(C(=O)CCc2nc(-c3ccccn3)no2)C1.Cl.Cl. The molecule has 0 bridgehead atoms. The molecule has 1 amide bonds. The average Bonchev–Trinajstić information content (AvgIpc) is 3.09. The Morgan fingerprint density at radius 2 is 2.24 bits per heavy atom. The fourth-order valence-corrected chi connectivity index (χ4v) is 2.77. The molecule has 0 aromatic carbocycles. The molecule has 1 aliphatic heterocycles. The summed E-state index contributed by atoms with van der Waals surface area (Å²) in [5.41, 5.74) is 0.668. The Morgan fingerprint density at radius 1 is 1.40 bits per heavy atom. The predicted octanol–water partition coefficient (Wildman–Crippen LogP) is 2.12. The minimum atomic E-state index is 0. The predicted molar refractivity (Wildman–Crippen MR) is 99.0 cm³/mol. The minimum absolute atomic E-state index is 0. The van der Waals surface area contributed by atoms with Crippen molar-refractivity contribution in [2.24, 2.45) is 0 Å². The summed E-state index contributed by atoms with van der Waals surface area (Å²) in [7, 11) is 1.94. The first-order valence-corrected chi connectivity index (χ1v) is 7.95. The number of pyridine rings is 1. The minimum Gasteiger partial charge on any atom is -0.341 e. The number of likely N-dealkylation sites (tertiary alicyclic amines) is 1. The Labute approximate surface area is 159 Å². The van der Waals surface area contributed by atoms with Gasteiger partial charge in [-0.1, -0.05) is 11.2 Å². The quantitative estimate of drug-likeness (QED) is 0.845. The molecule has 1 saturated heterocycles. The van der Waals surface area contributed by atoms with E-state index in [0.717, 1.165) is 25.9 Å². The van der Waals surface area contributed by atoms with Crippen molar-refractivity contribution in [2.75, 3.05) is 20.1 Å². The summed E-state index contributed by atoms with van der Waals surface area (Å²) in [6.45, 7) is 1.61. The molecule has 3 rings (SSSR count). The average molecular weight is 388 g/mol. The van der Waals surface area contributed by atoms with E-state index in [2.05, 4.69) is 20.4 Å². The lowest BCUT2D eigenvalue weighted by atomic mass is 10.1. The Kier molecular flexibility index (Phi) is 8.82. The summed E-state index contributed by atoms with van der Waals surface area (Å²) >= 11 is 0. The molecule has 1 aliphatic rings. The van der Waals surface area contributed by atoms with Crippen molar-refractivity contribution in [3.8, 4) is 11.5 Å². The van der Waals surface area contributed by atoms with Gasteiger partial charge in [-0.15, -0.1) is 24.8 Å². The van der Waals surface area contributed by atoms with Gasteiger partial charge in [-0.05, 0) is 32.0 Å². The second kappa shape index (κ2) is 10.3. The van der Waals surface area contributed by atoms with Crippen LogP contribution in [0, 0.1) is 0 Å². The third-order valence-corrected chi connectivity index (χ3v) is 4.10. The van der Waals surface area contributed by atoms with Gasteiger partial charge in [-0.3, -0.25) is 9.78 Å². The molecule has 1 fully saturated rings. The van der Waals surface area contributed by atoms with Gasteiger partial charge in [0.05, 0.1) is 0 Å². The van der Waals surface area contributed by atoms with E-state index >= 15 is 0 Å². The first-order valence-electron chi connectivity index (χ1n) is 7.95. The number of nitrogens with zero attached hydrogens (tertiary/aromatic N) is 4. The van der Waals surface area contributed by atoms with Crippen LogP contribution in [0.2, 0.25) is 0 Å². The Balaban J connectivity index is 0.00000156. The molecule has 2 aromatic heterocycles. The van der Waals surface area contributed by atoms with E-state index in [1.807, 2.05) is 30.1 Å². The summed E-state index contributed by atoms with van der Waals surface area (Å²) < 4.78 is 5.21. The Bertz CT molecular complexity index is 653. The number of carbonyl (C=O) groups excluding carboxylic acids is 1. The Hall–Kier alpha value is -1.70. The summed E-state index contributed by atoms with van der Waals surface area (Å²) in [6, 6.07) is 5.93. The van der Waals surface area contributed by atoms with Crippen LogP contribution in [0.25, 0.3) is 11.5 Å². The van der Waals surface area contributed by atoms with Crippen molar-refractivity contribution in [1.29, 1.82) is 0 Å². The molecule has 138 valence electrons.